The van der Waals surface area contributed by atoms with E-state index in [2.05, 4.69) is 0 Å². The van der Waals surface area contributed by atoms with Gasteiger partial charge in [0.2, 0.25) is 0 Å². The van der Waals surface area contributed by atoms with Crippen molar-refractivity contribution >= 4 is 10.2 Å². The van der Waals surface area contributed by atoms with Gasteiger partial charge in [0.25, 0.3) is 0 Å². The molecule has 0 saturated carbocycles. The van der Waals surface area contributed by atoms with Crippen LogP contribution in [0.2, 0.25) is 6.04 Å². The van der Waals surface area contributed by atoms with E-state index in [0.717, 1.165) is 6.61 Å². The molecule has 3 heteroatoms. The smallest absolute Gasteiger partial charge is 0.154 e. The number of methoxy groups -OCH3 is 1. The van der Waals surface area contributed by atoms with E-state index in [9.17, 15) is 0 Å². The molecule has 0 saturated heterocycles. The Bertz CT molecular complexity index is 59.0. The summed E-state index contributed by atoms with van der Waals surface area (Å²) in [6.45, 7) is 2.76. The van der Waals surface area contributed by atoms with Crippen LogP contribution in [0.25, 0.3) is 0 Å². The van der Waals surface area contributed by atoms with E-state index < -0.39 is 0 Å². The Morgan fingerprint density at radius 1 is 1.56 bits per heavy atom. The fourth-order valence-electron chi connectivity index (χ4n) is 0.462. The van der Waals surface area contributed by atoms with Crippen molar-refractivity contribution in [3.63, 3.8) is 0 Å². The molecule has 0 rings (SSSR count). The molecule has 0 aromatic carbocycles. The number of hydrogen-bond donors (Lipinski definition) is 0. The summed E-state index contributed by atoms with van der Waals surface area (Å²) in [4.78, 5) is 0. The quantitative estimate of drug-likeness (QED) is 0.314. The Balaban J connectivity index is 2.88. The van der Waals surface area contributed by atoms with E-state index in [1.807, 2.05) is 6.92 Å². The fraction of sp³-hybridized carbons (Fsp3) is 1.00. The number of hydrogen-bond acceptors (Lipinski definition) is 2. The van der Waals surface area contributed by atoms with E-state index in [1.165, 1.54) is 22.7 Å². The molecule has 0 aliphatic heterocycles. The molecule has 0 aliphatic rings. The maximum Gasteiger partial charge on any atom is 0.154 e. The molecule has 0 spiro atoms. The fourth-order valence-corrected chi connectivity index (χ4v) is 0.750. The zero-order valence-corrected chi connectivity index (χ0v) is 8.52. The third-order valence-electron chi connectivity index (χ3n) is 1.18. The lowest BCUT2D eigenvalue weighted by atomic mass is 10.5. The zero-order valence-electron chi connectivity index (χ0n) is 6.52. The molecule has 2 nitrogen and oxygen atoms in total. The standard InChI is InChI=1S/C6H16O2Si/c1-6(7-2)8-4-3-5-9/h6H,3-5H2,1-2,9H3. The first-order valence-electron chi connectivity index (χ1n) is 3.45. The van der Waals surface area contributed by atoms with E-state index in [4.69, 9.17) is 9.47 Å². The van der Waals surface area contributed by atoms with Crippen LogP contribution in [0.3, 0.4) is 0 Å². The van der Waals surface area contributed by atoms with Gasteiger partial charge in [0, 0.05) is 24.0 Å². The summed E-state index contributed by atoms with van der Waals surface area (Å²) >= 11 is 0. The van der Waals surface area contributed by atoms with Gasteiger partial charge in [0.15, 0.2) is 6.29 Å². The Morgan fingerprint density at radius 2 is 2.22 bits per heavy atom. The average molecular weight is 148 g/mol. The molecule has 0 aromatic rings. The van der Waals surface area contributed by atoms with Crippen molar-refractivity contribution in [2.75, 3.05) is 13.7 Å². The third kappa shape index (κ3) is 6.02. The summed E-state index contributed by atoms with van der Waals surface area (Å²) < 4.78 is 10.1. The van der Waals surface area contributed by atoms with Gasteiger partial charge in [0.05, 0.1) is 0 Å². The van der Waals surface area contributed by atoms with Gasteiger partial charge >= 0.3 is 0 Å². The van der Waals surface area contributed by atoms with Crippen LogP contribution >= 0.6 is 0 Å². The summed E-state index contributed by atoms with van der Waals surface area (Å²) in [7, 11) is 2.94. The summed E-state index contributed by atoms with van der Waals surface area (Å²) in [6, 6.07) is 1.32. The van der Waals surface area contributed by atoms with Crippen LogP contribution in [0.1, 0.15) is 13.3 Å². The molecule has 0 bridgehead atoms. The summed E-state index contributed by atoms with van der Waals surface area (Å²) in [6.07, 6.45) is 1.15. The van der Waals surface area contributed by atoms with Crippen molar-refractivity contribution in [3.8, 4) is 0 Å². The lowest BCUT2D eigenvalue weighted by Crippen LogP contribution is -2.10. The van der Waals surface area contributed by atoms with Gasteiger partial charge in [-0.2, -0.15) is 0 Å². The lowest BCUT2D eigenvalue weighted by molar-refractivity contribution is -0.110. The van der Waals surface area contributed by atoms with Crippen molar-refractivity contribution in [2.45, 2.75) is 25.7 Å². The molecule has 0 fully saturated rings. The van der Waals surface area contributed by atoms with E-state index in [1.54, 1.807) is 7.11 Å². The molecule has 0 aliphatic carbocycles. The number of rotatable bonds is 5. The molecule has 1 unspecified atom stereocenters. The first-order valence-corrected chi connectivity index (χ1v) is 4.87. The van der Waals surface area contributed by atoms with Crippen LogP contribution in [0.15, 0.2) is 0 Å². The van der Waals surface area contributed by atoms with Crippen molar-refractivity contribution in [1.29, 1.82) is 0 Å². The highest BCUT2D eigenvalue weighted by atomic mass is 28.1. The molecule has 0 amide bonds. The number of ether oxygens (including phenoxy) is 2. The Labute approximate surface area is 60.0 Å². The van der Waals surface area contributed by atoms with Gasteiger partial charge in [-0.15, -0.1) is 0 Å². The van der Waals surface area contributed by atoms with Gasteiger partial charge in [-0.05, 0) is 13.3 Å². The highest BCUT2D eigenvalue weighted by Crippen LogP contribution is 1.93. The van der Waals surface area contributed by atoms with Gasteiger partial charge in [-0.1, -0.05) is 6.04 Å². The van der Waals surface area contributed by atoms with Crippen LogP contribution in [0.5, 0.6) is 0 Å². The molecule has 0 N–H and O–H groups in total. The highest BCUT2D eigenvalue weighted by Gasteiger charge is 1.95. The molecule has 56 valence electrons. The van der Waals surface area contributed by atoms with Gasteiger partial charge in [0.1, 0.15) is 0 Å². The first-order chi connectivity index (χ1) is 4.31. The zero-order chi connectivity index (χ0) is 7.11. The molecule has 1 atom stereocenters. The van der Waals surface area contributed by atoms with Crippen molar-refractivity contribution in [3.05, 3.63) is 0 Å². The Hall–Kier alpha value is 0.137. The molecular weight excluding hydrogens is 132 g/mol. The highest BCUT2D eigenvalue weighted by molar-refractivity contribution is 6.08. The largest absolute Gasteiger partial charge is 0.356 e. The van der Waals surface area contributed by atoms with E-state index in [0.29, 0.717) is 0 Å². The second-order valence-electron chi connectivity index (χ2n) is 2.03. The van der Waals surface area contributed by atoms with Crippen molar-refractivity contribution in [2.24, 2.45) is 0 Å². The van der Waals surface area contributed by atoms with E-state index in [-0.39, 0.29) is 6.29 Å². The minimum Gasteiger partial charge on any atom is -0.356 e. The maximum atomic E-state index is 5.23. The molecule has 0 radical (unpaired) electrons. The predicted molar refractivity (Wildman–Crippen MR) is 41.8 cm³/mol. The Kier molecular flexibility index (Phi) is 6.35. The van der Waals surface area contributed by atoms with E-state index >= 15 is 0 Å². The second-order valence-corrected chi connectivity index (χ2v) is 3.03. The minimum absolute atomic E-state index is 0.0294. The van der Waals surface area contributed by atoms with Crippen LogP contribution in [0, 0.1) is 0 Å². The predicted octanol–water partition coefficient (Wildman–Crippen LogP) is 0.169. The van der Waals surface area contributed by atoms with Crippen molar-refractivity contribution in [1.82, 2.24) is 0 Å². The second kappa shape index (κ2) is 6.26. The molecule has 0 heterocycles. The maximum absolute atomic E-state index is 5.23. The van der Waals surface area contributed by atoms with Crippen molar-refractivity contribution < 1.29 is 9.47 Å². The lowest BCUT2D eigenvalue weighted by Gasteiger charge is -2.09. The van der Waals surface area contributed by atoms with Crippen LogP contribution in [0.4, 0.5) is 0 Å². The van der Waals surface area contributed by atoms with Gasteiger partial charge in [-0.25, -0.2) is 0 Å². The first kappa shape index (κ1) is 9.14. The average Bonchev–Trinajstić information content (AvgIpc) is 1.89. The summed E-state index contributed by atoms with van der Waals surface area (Å²) in [5.41, 5.74) is 0. The SMILES string of the molecule is COC(C)OCCC[SiH3]. The monoisotopic (exact) mass is 148 g/mol. The Morgan fingerprint density at radius 3 is 2.67 bits per heavy atom. The van der Waals surface area contributed by atoms with Crippen LogP contribution in [-0.4, -0.2) is 30.2 Å². The topological polar surface area (TPSA) is 18.5 Å². The van der Waals surface area contributed by atoms with Crippen LogP contribution in [-0.2, 0) is 9.47 Å². The molecular formula is C6H16O2Si. The van der Waals surface area contributed by atoms with Gasteiger partial charge in [-0.3, -0.25) is 0 Å². The normalized spacial score (nSPS) is 14.0. The summed E-state index contributed by atoms with van der Waals surface area (Å²) in [5, 5.41) is 0. The minimum atomic E-state index is -0.0294. The van der Waals surface area contributed by atoms with Gasteiger partial charge < -0.3 is 9.47 Å². The third-order valence-corrected chi connectivity index (χ3v) is 1.89. The molecule has 0 aromatic heterocycles. The van der Waals surface area contributed by atoms with Crippen LogP contribution < -0.4 is 0 Å². The molecule has 9 heavy (non-hydrogen) atoms. The summed E-state index contributed by atoms with van der Waals surface area (Å²) in [5.74, 6) is 0.